The zero-order valence-corrected chi connectivity index (χ0v) is 34.1. The summed E-state index contributed by atoms with van der Waals surface area (Å²) < 4.78 is 36.9. The van der Waals surface area contributed by atoms with Crippen molar-refractivity contribution in [1.29, 1.82) is 5.26 Å². The smallest absolute Gasteiger partial charge is 0.387 e. The van der Waals surface area contributed by atoms with Gasteiger partial charge in [0, 0.05) is 18.7 Å². The molecular formula is C41H61N6O9P. The van der Waals surface area contributed by atoms with Gasteiger partial charge >= 0.3 is 7.82 Å². The molecule has 5 N–H and O–H groups in total. The maximum Gasteiger partial charge on any atom is 0.472 e. The van der Waals surface area contributed by atoms with Crippen LogP contribution in [0.25, 0.3) is 5.52 Å². The summed E-state index contributed by atoms with van der Waals surface area (Å²) in [5.74, 6) is -0.104. The minimum absolute atomic E-state index is 0.0743. The van der Waals surface area contributed by atoms with Crippen molar-refractivity contribution >= 4 is 25.1 Å². The first-order valence-corrected chi connectivity index (χ1v) is 22.2. The van der Waals surface area contributed by atoms with Crippen LogP contribution in [0.4, 0.5) is 5.82 Å². The highest BCUT2D eigenvalue weighted by molar-refractivity contribution is 7.47. The number of aliphatic hydroxyl groups is 2. The average Bonchev–Trinajstić information content (AvgIpc) is 3.87. The number of anilines is 1. The fourth-order valence-electron chi connectivity index (χ4n) is 7.71. The van der Waals surface area contributed by atoms with Gasteiger partial charge in [0.05, 0.1) is 31.6 Å². The van der Waals surface area contributed by atoms with Crippen molar-refractivity contribution in [1.82, 2.24) is 19.5 Å². The number of carbonyl (C=O) groups is 1. The summed E-state index contributed by atoms with van der Waals surface area (Å²) in [5, 5.41) is 36.1. The number of rotatable bonds is 27. The van der Waals surface area contributed by atoms with Gasteiger partial charge < -0.3 is 35.2 Å². The zero-order chi connectivity index (χ0) is 40.7. The lowest BCUT2D eigenvalue weighted by Crippen LogP contribution is -2.42. The van der Waals surface area contributed by atoms with Crippen LogP contribution in [0.3, 0.4) is 0 Å². The molecule has 4 heterocycles. The maximum absolute atomic E-state index is 13.3. The Labute approximate surface area is 336 Å². The molecule has 1 saturated heterocycles. The number of aliphatic hydroxyl groups excluding tert-OH is 2. The van der Waals surface area contributed by atoms with Crippen LogP contribution >= 0.6 is 7.82 Å². The number of fused-ring (bicyclic) bond motifs is 2. The summed E-state index contributed by atoms with van der Waals surface area (Å²) >= 11 is 0. The van der Waals surface area contributed by atoms with Crippen molar-refractivity contribution < 1.29 is 43.0 Å². The zero-order valence-electron chi connectivity index (χ0n) is 33.3. The second kappa shape index (κ2) is 22.1. The fourth-order valence-corrected chi connectivity index (χ4v) is 8.48. The van der Waals surface area contributed by atoms with Crippen molar-refractivity contribution in [2.45, 2.75) is 146 Å². The molecule has 0 bridgehead atoms. The summed E-state index contributed by atoms with van der Waals surface area (Å²) in [6, 6.07) is 11.5. The molecule has 16 heteroatoms. The quantitative estimate of drug-likeness (QED) is 0.0473. The first kappa shape index (κ1) is 44.6. The van der Waals surface area contributed by atoms with Crippen LogP contribution in [-0.4, -0.2) is 91.3 Å². The average molecular weight is 813 g/mol. The third kappa shape index (κ3) is 11.8. The topological polar surface area (TPSA) is 215 Å². The van der Waals surface area contributed by atoms with Crippen molar-refractivity contribution in [3.63, 3.8) is 0 Å². The first-order valence-electron chi connectivity index (χ1n) is 20.7. The molecule has 6 atom stereocenters. The highest BCUT2D eigenvalue weighted by Crippen LogP contribution is 2.46. The van der Waals surface area contributed by atoms with Crippen molar-refractivity contribution in [3.05, 3.63) is 59.5 Å². The minimum atomic E-state index is -4.80. The Morgan fingerprint density at radius 3 is 2.21 bits per heavy atom. The van der Waals surface area contributed by atoms with E-state index in [-0.39, 0.29) is 30.6 Å². The number of nitrogens with zero attached hydrogens (tertiary/aromatic N) is 5. The standard InChI is InChI=1S/C41H61N6O9P/c1-2-3-4-5-6-7-8-9-10-11-12-13-14-15-16-19-24-53-26-32(46-25-31-20-17-18-21-33(31)40(46)50)27-54-57(51,52)55-28-35-37(48)38(49)41(29-42,56-35)36-23-22-34-39(43)44-30-45-47(34)36/h17-18,20-23,30,32,35,37-38,48-49H,2-16,19,24-28H2,1H3,(H,51,52)(H2,43,44,45)/t32-,35-,37-,38-,41+/m1/s1. The Balaban J connectivity index is 1.05. The molecule has 314 valence electrons. The molecular weight excluding hydrogens is 751 g/mol. The van der Waals surface area contributed by atoms with Crippen LogP contribution in [0.2, 0.25) is 0 Å². The van der Waals surface area contributed by atoms with Crippen LogP contribution in [0.15, 0.2) is 42.7 Å². The summed E-state index contributed by atoms with van der Waals surface area (Å²) in [5.41, 5.74) is 5.63. The monoisotopic (exact) mass is 812 g/mol. The number of unbranched alkanes of at least 4 members (excludes halogenated alkanes) is 15. The second-order valence-electron chi connectivity index (χ2n) is 15.3. The van der Waals surface area contributed by atoms with E-state index < -0.39 is 44.4 Å². The molecule has 1 aromatic carbocycles. The number of ether oxygens (including phenoxy) is 2. The van der Waals surface area contributed by atoms with E-state index in [0.717, 1.165) is 24.8 Å². The number of nitrogens with two attached hydrogens (primary N) is 1. The number of nitriles is 1. The van der Waals surface area contributed by atoms with Crippen LogP contribution in [0, 0.1) is 11.3 Å². The number of phosphoric ester groups is 1. The van der Waals surface area contributed by atoms with E-state index >= 15 is 0 Å². The van der Waals surface area contributed by atoms with Gasteiger partial charge in [0.15, 0.2) is 5.82 Å². The Kier molecular flexibility index (Phi) is 17.3. The lowest BCUT2D eigenvalue weighted by Gasteiger charge is -2.28. The molecule has 2 aromatic heterocycles. The van der Waals surface area contributed by atoms with Crippen molar-refractivity contribution in [2.24, 2.45) is 0 Å². The highest BCUT2D eigenvalue weighted by Gasteiger charge is 2.58. The molecule has 1 unspecified atom stereocenters. The second-order valence-corrected chi connectivity index (χ2v) is 16.7. The summed E-state index contributed by atoms with van der Waals surface area (Å²) in [7, 11) is -4.80. The Morgan fingerprint density at radius 2 is 1.58 bits per heavy atom. The van der Waals surface area contributed by atoms with Gasteiger partial charge in [0.25, 0.3) is 5.91 Å². The Morgan fingerprint density at radius 1 is 0.947 bits per heavy atom. The van der Waals surface area contributed by atoms with E-state index in [2.05, 4.69) is 17.0 Å². The molecule has 0 aliphatic carbocycles. The van der Waals surface area contributed by atoms with E-state index in [0.29, 0.717) is 24.2 Å². The summed E-state index contributed by atoms with van der Waals surface area (Å²) in [4.78, 5) is 29.5. The van der Waals surface area contributed by atoms with Gasteiger partial charge in [-0.3, -0.25) is 13.8 Å². The van der Waals surface area contributed by atoms with Gasteiger partial charge in [-0.15, -0.1) is 0 Å². The molecule has 1 fully saturated rings. The van der Waals surface area contributed by atoms with Gasteiger partial charge in [0.1, 0.15) is 36.2 Å². The minimum Gasteiger partial charge on any atom is -0.387 e. The number of aromatic nitrogens is 3. The van der Waals surface area contributed by atoms with Gasteiger partial charge in [-0.1, -0.05) is 121 Å². The number of hydrogen-bond acceptors (Lipinski definition) is 12. The number of hydrogen-bond donors (Lipinski definition) is 4. The molecule has 2 aliphatic heterocycles. The molecule has 0 radical (unpaired) electrons. The van der Waals surface area contributed by atoms with Crippen LogP contribution < -0.4 is 5.73 Å². The summed E-state index contributed by atoms with van der Waals surface area (Å²) in [6.45, 7) is 2.04. The number of carbonyl (C=O) groups excluding carboxylic acids is 1. The molecule has 2 aliphatic rings. The van der Waals surface area contributed by atoms with Crippen LogP contribution in [0.1, 0.15) is 131 Å². The SMILES string of the molecule is CCCCCCCCCCCCCCCCCCOC[C@H](COP(=O)(O)OC[C@H]1O[C@@](C#N)(c2ccc3c(N)ncnn23)[C@H](O)[C@@H]1O)N1Cc2ccccc2C1=O. The normalized spacial score (nSPS) is 22.2. The lowest BCUT2D eigenvalue weighted by molar-refractivity contribution is -0.0648. The number of amides is 1. The third-order valence-electron chi connectivity index (χ3n) is 11.1. The van der Waals surface area contributed by atoms with E-state index in [1.807, 2.05) is 18.2 Å². The molecule has 1 amide bonds. The number of benzene rings is 1. The van der Waals surface area contributed by atoms with Crippen LogP contribution in [0.5, 0.6) is 0 Å². The molecule has 15 nitrogen and oxygen atoms in total. The molecule has 0 saturated carbocycles. The van der Waals surface area contributed by atoms with Crippen molar-refractivity contribution in [2.75, 3.05) is 32.2 Å². The molecule has 3 aromatic rings. The van der Waals surface area contributed by atoms with E-state index in [9.17, 15) is 29.7 Å². The molecule has 5 rings (SSSR count). The van der Waals surface area contributed by atoms with Crippen molar-refractivity contribution in [3.8, 4) is 6.07 Å². The van der Waals surface area contributed by atoms with Gasteiger partial charge in [-0.25, -0.2) is 14.1 Å². The van der Waals surface area contributed by atoms with E-state index in [4.69, 9.17) is 24.3 Å². The Hall–Kier alpha value is -3.45. The maximum atomic E-state index is 13.3. The lowest BCUT2D eigenvalue weighted by atomic mass is 9.92. The largest absolute Gasteiger partial charge is 0.472 e. The molecule has 57 heavy (non-hydrogen) atoms. The predicted molar refractivity (Wildman–Crippen MR) is 214 cm³/mol. The van der Waals surface area contributed by atoms with E-state index in [1.54, 1.807) is 17.0 Å². The number of nitrogen functional groups attached to an aromatic ring is 1. The summed E-state index contributed by atoms with van der Waals surface area (Å²) in [6.07, 6.45) is 16.6. The highest BCUT2D eigenvalue weighted by atomic mass is 31.2. The van der Waals surface area contributed by atoms with Crippen LogP contribution in [-0.2, 0) is 35.2 Å². The van der Waals surface area contributed by atoms with Gasteiger partial charge in [-0.05, 0) is 30.2 Å². The fraction of sp³-hybridized carbons (Fsp3) is 0.659. The first-order chi connectivity index (χ1) is 27.6. The molecule has 0 spiro atoms. The van der Waals surface area contributed by atoms with E-state index in [1.165, 1.54) is 106 Å². The Bertz CT molecular complexity index is 1810. The third-order valence-corrected chi connectivity index (χ3v) is 12.0. The van der Waals surface area contributed by atoms with Gasteiger partial charge in [0.2, 0.25) is 5.60 Å². The number of phosphoric acid groups is 1. The van der Waals surface area contributed by atoms with Gasteiger partial charge in [-0.2, -0.15) is 10.4 Å². The predicted octanol–water partition coefficient (Wildman–Crippen LogP) is 6.59.